The minimum Gasteiger partial charge on any atom is -0.310 e. The molecule has 0 spiro atoms. The summed E-state index contributed by atoms with van der Waals surface area (Å²) < 4.78 is 0. The Labute approximate surface area is 501 Å². The molecule has 0 aliphatic heterocycles. The monoisotopic (exact) mass is 1090 g/mol. The summed E-state index contributed by atoms with van der Waals surface area (Å²) in [6.07, 6.45) is 0. The van der Waals surface area contributed by atoms with Gasteiger partial charge in [0.15, 0.2) is 0 Å². The Kier molecular flexibility index (Phi) is 10.8. The second-order valence-corrected chi connectivity index (χ2v) is 27.1. The van der Waals surface area contributed by atoms with Crippen molar-refractivity contribution in [1.29, 1.82) is 0 Å². The number of hydrogen-bond donors (Lipinski definition) is 0. The Balaban J connectivity index is 0.807. The van der Waals surface area contributed by atoms with Crippen LogP contribution in [0.3, 0.4) is 0 Å². The van der Waals surface area contributed by atoms with Crippen LogP contribution in [0.25, 0.3) is 77.2 Å². The van der Waals surface area contributed by atoms with Crippen molar-refractivity contribution in [2.75, 3.05) is 9.80 Å². The van der Waals surface area contributed by atoms with E-state index in [1.165, 1.54) is 161 Å². The highest BCUT2D eigenvalue weighted by Gasteiger charge is 2.45. The number of hydrogen-bond acceptors (Lipinski definition) is 2. The predicted octanol–water partition coefficient (Wildman–Crippen LogP) is 22.8. The quantitative estimate of drug-likeness (QED) is 0.157. The maximum Gasteiger partial charge on any atom is 0.0543 e. The minimum atomic E-state index is -0.262. The third-order valence-corrected chi connectivity index (χ3v) is 20.7. The lowest BCUT2D eigenvalue weighted by Gasteiger charge is -2.32. The molecule has 0 aromatic heterocycles. The highest BCUT2D eigenvalue weighted by Crippen LogP contribution is 2.62. The van der Waals surface area contributed by atoms with Gasteiger partial charge in [-0.1, -0.05) is 195 Å². The Morgan fingerprint density at radius 1 is 0.247 bits per heavy atom. The molecule has 0 fully saturated rings. The predicted molar refractivity (Wildman–Crippen MR) is 361 cm³/mol. The van der Waals surface area contributed by atoms with Crippen molar-refractivity contribution in [3.8, 4) is 55.6 Å². The first-order valence-electron chi connectivity index (χ1n) is 30.6. The number of nitrogens with zero attached hydrogens (tertiary/aromatic N) is 2. The maximum atomic E-state index is 2.58. The Morgan fingerprint density at radius 3 is 1.31 bits per heavy atom. The molecule has 2 heteroatoms. The molecule has 4 aliphatic rings. The lowest BCUT2D eigenvalue weighted by atomic mass is 9.79. The molecule has 412 valence electrons. The maximum absolute atomic E-state index is 2.58. The van der Waals surface area contributed by atoms with Crippen molar-refractivity contribution in [2.45, 2.75) is 97.8 Å². The summed E-state index contributed by atoms with van der Waals surface area (Å²) >= 11 is 0. The molecule has 85 heavy (non-hydrogen) atoms. The van der Waals surface area contributed by atoms with Gasteiger partial charge in [-0.25, -0.2) is 0 Å². The van der Waals surface area contributed by atoms with Gasteiger partial charge in [-0.3, -0.25) is 0 Å². The first kappa shape index (κ1) is 51.4. The smallest absolute Gasteiger partial charge is 0.0543 e. The highest BCUT2D eigenvalue weighted by molar-refractivity contribution is 6.12. The Bertz CT molecular complexity index is 4870. The van der Waals surface area contributed by atoms with Crippen molar-refractivity contribution in [1.82, 2.24) is 0 Å². The fraction of sp³-hybridized carbons (Fsp3) is 0.181. The summed E-state index contributed by atoms with van der Waals surface area (Å²) in [5, 5.41) is 5.10. The molecule has 0 unspecified atom stereocenters. The lowest BCUT2D eigenvalue weighted by molar-refractivity contribution is 0.652. The SMILES string of the molecule is Cc1cccc(N(c2ccccc2)c2cc3c(c4ccccc24)-c2cc4c(cc2C3(C)C)-c2cc(-c3ccc(N(c5ccccc5C)c5cc6c(c7ccccc57)-c5cc7c(cc5C6(C)C)-c5ccccc5C7(C)C)c(C)c3)ccc2C4(C)C)c1. The van der Waals surface area contributed by atoms with Gasteiger partial charge in [-0.15, -0.1) is 0 Å². The molecule has 0 atom stereocenters. The summed E-state index contributed by atoms with van der Waals surface area (Å²) in [5.74, 6) is 0. The molecule has 0 saturated carbocycles. The molecule has 0 saturated heterocycles. The van der Waals surface area contributed by atoms with E-state index < -0.39 is 0 Å². The third-order valence-electron chi connectivity index (χ3n) is 20.7. The van der Waals surface area contributed by atoms with Gasteiger partial charge in [0.1, 0.15) is 0 Å². The topological polar surface area (TPSA) is 6.48 Å². The first-order chi connectivity index (χ1) is 40.9. The molecule has 4 aliphatic carbocycles. The summed E-state index contributed by atoms with van der Waals surface area (Å²) in [7, 11) is 0. The summed E-state index contributed by atoms with van der Waals surface area (Å²) in [5.41, 5.74) is 34.5. The zero-order valence-electron chi connectivity index (χ0n) is 50.8. The second-order valence-electron chi connectivity index (χ2n) is 27.1. The van der Waals surface area contributed by atoms with E-state index in [0.717, 1.165) is 11.4 Å². The van der Waals surface area contributed by atoms with Crippen LogP contribution in [0.15, 0.2) is 224 Å². The Morgan fingerprint density at radius 2 is 0.694 bits per heavy atom. The van der Waals surface area contributed by atoms with Crippen LogP contribution in [0, 0.1) is 20.8 Å². The van der Waals surface area contributed by atoms with E-state index >= 15 is 0 Å². The van der Waals surface area contributed by atoms with E-state index in [1.807, 2.05) is 0 Å². The van der Waals surface area contributed by atoms with Crippen LogP contribution < -0.4 is 9.80 Å². The normalized spacial score (nSPS) is 15.4. The second kappa shape index (κ2) is 17.9. The lowest BCUT2D eigenvalue weighted by Crippen LogP contribution is -2.18. The number of benzene rings is 12. The van der Waals surface area contributed by atoms with Crippen molar-refractivity contribution in [2.24, 2.45) is 0 Å². The Hall–Kier alpha value is -9.24. The van der Waals surface area contributed by atoms with Gasteiger partial charge in [0, 0.05) is 55.2 Å². The van der Waals surface area contributed by atoms with Gasteiger partial charge in [-0.2, -0.15) is 0 Å². The zero-order chi connectivity index (χ0) is 58.2. The number of aryl methyl sites for hydroxylation is 3. The molecule has 0 amide bonds. The third kappa shape index (κ3) is 7.18. The van der Waals surface area contributed by atoms with Gasteiger partial charge in [0.05, 0.1) is 11.4 Å². The van der Waals surface area contributed by atoms with Crippen molar-refractivity contribution < 1.29 is 0 Å². The number of para-hydroxylation sites is 2. The van der Waals surface area contributed by atoms with Crippen LogP contribution in [0.2, 0.25) is 0 Å². The van der Waals surface area contributed by atoms with E-state index in [2.05, 4.69) is 310 Å². The first-order valence-corrected chi connectivity index (χ1v) is 30.6. The fourth-order valence-electron chi connectivity index (χ4n) is 16.2. The number of fused-ring (bicyclic) bond motifs is 16. The van der Waals surface area contributed by atoms with Crippen LogP contribution in [0.5, 0.6) is 0 Å². The van der Waals surface area contributed by atoms with Crippen LogP contribution in [-0.2, 0) is 21.7 Å². The van der Waals surface area contributed by atoms with E-state index in [0.29, 0.717) is 0 Å². The van der Waals surface area contributed by atoms with Gasteiger partial charge in [0.2, 0.25) is 0 Å². The molecule has 2 nitrogen and oxygen atoms in total. The van der Waals surface area contributed by atoms with Gasteiger partial charge in [0.25, 0.3) is 0 Å². The minimum absolute atomic E-state index is 0.0861. The summed E-state index contributed by atoms with van der Waals surface area (Å²) in [6, 6.07) is 85.8. The van der Waals surface area contributed by atoms with Gasteiger partial charge < -0.3 is 9.80 Å². The molecule has 0 radical (unpaired) electrons. The van der Waals surface area contributed by atoms with Crippen molar-refractivity contribution in [3.05, 3.63) is 286 Å². The zero-order valence-corrected chi connectivity index (χ0v) is 50.8. The van der Waals surface area contributed by atoms with Crippen LogP contribution in [-0.4, -0.2) is 0 Å². The average Bonchev–Trinajstić information content (AvgIpc) is 1.58. The van der Waals surface area contributed by atoms with E-state index in [9.17, 15) is 0 Å². The molecule has 12 aromatic carbocycles. The molecule has 12 aromatic rings. The van der Waals surface area contributed by atoms with Gasteiger partial charge >= 0.3 is 0 Å². The summed E-state index contributed by atoms with van der Waals surface area (Å²) in [6.45, 7) is 26.2. The number of rotatable bonds is 7. The number of anilines is 6. The molecule has 0 bridgehead atoms. The molecule has 0 heterocycles. The van der Waals surface area contributed by atoms with E-state index in [4.69, 9.17) is 0 Å². The highest BCUT2D eigenvalue weighted by atomic mass is 15.2. The summed E-state index contributed by atoms with van der Waals surface area (Å²) in [4.78, 5) is 5.02. The van der Waals surface area contributed by atoms with Crippen molar-refractivity contribution >= 4 is 55.7 Å². The largest absolute Gasteiger partial charge is 0.310 e. The average molecular weight is 1100 g/mol. The van der Waals surface area contributed by atoms with Crippen LogP contribution in [0.4, 0.5) is 34.1 Å². The fourth-order valence-corrected chi connectivity index (χ4v) is 16.2. The van der Waals surface area contributed by atoms with Crippen LogP contribution in [0.1, 0.15) is 117 Å². The molecular weight excluding hydrogens is 1020 g/mol. The van der Waals surface area contributed by atoms with Crippen molar-refractivity contribution in [3.63, 3.8) is 0 Å². The standard InChI is InChI=1S/C83H70N2/c1-49-24-23-28-55(40-49)84(54-26-13-12-14-27-54)76-47-72-78(59-32-18-16-30-57(59)76)65-46-69-63(44-71(65)83(72,10)11)61-42-53(36-38-67(61)81(69,6)7)52-37-39-75(51(3)41-52)85(74-35-22-15-25-50(74)2)77-48-73-79(60-33-19-17-31-58(60)77)64-45-68-62(43-70(64)82(73,8)9)56-29-20-21-34-66(56)80(68,4)5/h12-48H,1-11H3. The van der Waals surface area contributed by atoms with Crippen LogP contribution >= 0.6 is 0 Å². The van der Waals surface area contributed by atoms with E-state index in [-0.39, 0.29) is 21.7 Å². The molecule has 16 rings (SSSR count). The molecular formula is C83H70N2. The van der Waals surface area contributed by atoms with E-state index in [1.54, 1.807) is 0 Å². The van der Waals surface area contributed by atoms with Gasteiger partial charge in [-0.05, 0) is 233 Å². The molecule has 0 N–H and O–H groups in total.